The Hall–Kier alpha value is -0.930. The molecule has 0 radical (unpaired) electrons. The van der Waals surface area contributed by atoms with Crippen molar-refractivity contribution in [3.05, 3.63) is 34.9 Å². The Morgan fingerprint density at radius 1 is 1.17 bits per heavy atom. The van der Waals surface area contributed by atoms with Crippen molar-refractivity contribution < 1.29 is 0 Å². The number of hydrogen-bond acceptors (Lipinski definition) is 0. The fourth-order valence-electron chi connectivity index (χ4n) is 0.940. The second-order valence-corrected chi connectivity index (χ2v) is 2.81. The van der Waals surface area contributed by atoms with Crippen molar-refractivity contribution in [3.8, 4) is 12.8 Å². The Balaban J connectivity index is 0.000000561. The number of hydrogen-bond donors (Lipinski definition) is 0. The fourth-order valence-corrected chi connectivity index (χ4v) is 1.07. The van der Waals surface area contributed by atoms with E-state index in [0.717, 1.165) is 11.4 Å². The third kappa shape index (κ3) is 4.05. The van der Waals surface area contributed by atoms with Crippen molar-refractivity contribution in [2.75, 3.05) is 0 Å². The summed E-state index contributed by atoms with van der Waals surface area (Å²) in [4.78, 5) is 0. The summed E-state index contributed by atoms with van der Waals surface area (Å²) in [6.07, 6.45) is 10.3. The van der Waals surface area contributed by atoms with Gasteiger partial charge >= 0.3 is 0 Å². The number of halogens is 1. The number of rotatable bonds is 2. The van der Waals surface area contributed by atoms with Crippen LogP contribution in [0.3, 0.4) is 0 Å². The lowest BCUT2D eigenvalue weighted by Gasteiger charge is -1.96. The maximum Gasteiger partial charge on any atom is 0.0406 e. The SMILES string of the molecule is C#C.CCCc1ccc(Cl)cc1. The van der Waals surface area contributed by atoms with Gasteiger partial charge in [-0.3, -0.25) is 0 Å². The third-order valence-electron chi connectivity index (χ3n) is 1.45. The zero-order valence-corrected chi connectivity index (χ0v) is 8.01. The molecule has 1 heteroatoms. The monoisotopic (exact) mass is 180 g/mol. The lowest BCUT2D eigenvalue weighted by molar-refractivity contribution is 0.922. The van der Waals surface area contributed by atoms with Gasteiger partial charge in [-0.25, -0.2) is 0 Å². The van der Waals surface area contributed by atoms with Crippen molar-refractivity contribution in [3.63, 3.8) is 0 Å². The van der Waals surface area contributed by atoms with E-state index in [2.05, 4.69) is 31.9 Å². The van der Waals surface area contributed by atoms with Crippen LogP contribution in [0.25, 0.3) is 0 Å². The average Bonchev–Trinajstić information content (AvgIpc) is 2.13. The number of aryl methyl sites for hydroxylation is 1. The molecule has 0 nitrogen and oxygen atoms in total. The van der Waals surface area contributed by atoms with Gasteiger partial charge in [0.2, 0.25) is 0 Å². The van der Waals surface area contributed by atoms with Crippen LogP contribution in [0, 0.1) is 12.8 Å². The van der Waals surface area contributed by atoms with Crippen LogP contribution in [0.5, 0.6) is 0 Å². The van der Waals surface area contributed by atoms with Gasteiger partial charge in [0.25, 0.3) is 0 Å². The molecule has 0 aliphatic heterocycles. The maximum absolute atomic E-state index is 5.71. The molecule has 0 aliphatic rings. The molecule has 0 bridgehead atoms. The van der Waals surface area contributed by atoms with E-state index in [0.29, 0.717) is 0 Å². The van der Waals surface area contributed by atoms with Gasteiger partial charge in [0.1, 0.15) is 0 Å². The lowest BCUT2D eigenvalue weighted by Crippen LogP contribution is -1.80. The summed E-state index contributed by atoms with van der Waals surface area (Å²) < 4.78 is 0. The first-order valence-electron chi connectivity index (χ1n) is 3.90. The van der Waals surface area contributed by atoms with Gasteiger partial charge in [0.15, 0.2) is 0 Å². The normalized spacial score (nSPS) is 8.33. The summed E-state index contributed by atoms with van der Waals surface area (Å²) >= 11 is 5.71. The van der Waals surface area contributed by atoms with Crippen molar-refractivity contribution in [2.24, 2.45) is 0 Å². The van der Waals surface area contributed by atoms with E-state index in [-0.39, 0.29) is 0 Å². The van der Waals surface area contributed by atoms with E-state index < -0.39 is 0 Å². The predicted molar refractivity (Wildman–Crippen MR) is 55.3 cm³/mol. The van der Waals surface area contributed by atoms with Crippen LogP contribution in [-0.4, -0.2) is 0 Å². The van der Waals surface area contributed by atoms with E-state index in [1.165, 1.54) is 12.0 Å². The number of benzene rings is 1. The van der Waals surface area contributed by atoms with Gasteiger partial charge < -0.3 is 0 Å². The summed E-state index contributed by atoms with van der Waals surface area (Å²) in [6, 6.07) is 8.02. The van der Waals surface area contributed by atoms with Gasteiger partial charge in [0.05, 0.1) is 0 Å². The Bertz CT molecular complexity index is 221. The Kier molecular flexibility index (Phi) is 6.24. The van der Waals surface area contributed by atoms with Crippen LogP contribution in [-0.2, 0) is 6.42 Å². The maximum atomic E-state index is 5.71. The molecule has 1 rings (SSSR count). The van der Waals surface area contributed by atoms with Crippen LogP contribution in [0.1, 0.15) is 18.9 Å². The topological polar surface area (TPSA) is 0 Å². The molecule has 0 fully saturated rings. The third-order valence-corrected chi connectivity index (χ3v) is 1.70. The van der Waals surface area contributed by atoms with Crippen molar-refractivity contribution >= 4 is 11.6 Å². The molecule has 0 amide bonds. The fraction of sp³-hybridized carbons (Fsp3) is 0.273. The highest BCUT2D eigenvalue weighted by molar-refractivity contribution is 6.30. The van der Waals surface area contributed by atoms with Gasteiger partial charge in [-0.2, -0.15) is 0 Å². The summed E-state index contributed by atoms with van der Waals surface area (Å²) in [5, 5.41) is 0.819. The molecule has 0 aromatic heterocycles. The average molecular weight is 181 g/mol. The number of terminal acetylenes is 1. The van der Waals surface area contributed by atoms with Crippen LogP contribution in [0.2, 0.25) is 5.02 Å². The van der Waals surface area contributed by atoms with Crippen molar-refractivity contribution in [1.29, 1.82) is 0 Å². The second kappa shape index (κ2) is 6.76. The van der Waals surface area contributed by atoms with Crippen LogP contribution in [0.15, 0.2) is 24.3 Å². The molecule has 0 saturated carbocycles. The van der Waals surface area contributed by atoms with Crippen molar-refractivity contribution in [1.82, 2.24) is 0 Å². The summed E-state index contributed by atoms with van der Waals surface area (Å²) in [5.41, 5.74) is 1.37. The first-order valence-corrected chi connectivity index (χ1v) is 4.28. The van der Waals surface area contributed by atoms with E-state index in [1.54, 1.807) is 0 Å². The molecule has 64 valence electrons. The Labute approximate surface area is 79.6 Å². The highest BCUT2D eigenvalue weighted by Gasteiger charge is 1.89. The minimum absolute atomic E-state index is 0.819. The van der Waals surface area contributed by atoms with Crippen LogP contribution in [0.4, 0.5) is 0 Å². The molecule has 0 heterocycles. The standard InChI is InChI=1S/C9H11Cl.C2H2/c1-2-3-8-4-6-9(10)7-5-8;1-2/h4-7H,2-3H2,1H3;1-2H. The van der Waals surface area contributed by atoms with Gasteiger partial charge in [-0.1, -0.05) is 37.1 Å². The lowest BCUT2D eigenvalue weighted by atomic mass is 10.1. The predicted octanol–water partition coefficient (Wildman–Crippen LogP) is 3.54. The highest BCUT2D eigenvalue weighted by Crippen LogP contribution is 2.10. The molecule has 0 spiro atoms. The minimum atomic E-state index is 0.819. The van der Waals surface area contributed by atoms with Gasteiger partial charge in [0, 0.05) is 5.02 Å². The van der Waals surface area contributed by atoms with E-state index in [4.69, 9.17) is 11.6 Å². The van der Waals surface area contributed by atoms with E-state index in [1.807, 2.05) is 12.1 Å². The smallest absolute Gasteiger partial charge is 0.0406 e. The molecular formula is C11H13Cl. The molecule has 0 saturated heterocycles. The Morgan fingerprint density at radius 2 is 1.67 bits per heavy atom. The van der Waals surface area contributed by atoms with Crippen LogP contribution < -0.4 is 0 Å². The second-order valence-electron chi connectivity index (χ2n) is 2.38. The summed E-state index contributed by atoms with van der Waals surface area (Å²) in [7, 11) is 0. The van der Waals surface area contributed by atoms with E-state index >= 15 is 0 Å². The first-order chi connectivity index (χ1) is 5.83. The summed E-state index contributed by atoms with van der Waals surface area (Å²) in [6.45, 7) is 2.18. The molecule has 12 heavy (non-hydrogen) atoms. The van der Waals surface area contributed by atoms with Crippen LogP contribution >= 0.6 is 11.6 Å². The van der Waals surface area contributed by atoms with E-state index in [9.17, 15) is 0 Å². The minimum Gasteiger partial charge on any atom is -0.124 e. The molecule has 0 unspecified atom stereocenters. The molecule has 0 N–H and O–H groups in total. The molecule has 0 atom stereocenters. The molecule has 1 aromatic carbocycles. The van der Waals surface area contributed by atoms with Crippen molar-refractivity contribution in [2.45, 2.75) is 19.8 Å². The highest BCUT2D eigenvalue weighted by atomic mass is 35.5. The molecule has 0 aliphatic carbocycles. The molecule has 1 aromatic rings. The zero-order chi connectivity index (χ0) is 9.40. The van der Waals surface area contributed by atoms with Gasteiger partial charge in [-0.15, -0.1) is 12.8 Å². The zero-order valence-electron chi connectivity index (χ0n) is 7.26. The Morgan fingerprint density at radius 3 is 2.08 bits per heavy atom. The quantitative estimate of drug-likeness (QED) is 0.611. The van der Waals surface area contributed by atoms with Gasteiger partial charge in [-0.05, 0) is 24.1 Å². The molecular weight excluding hydrogens is 168 g/mol. The summed E-state index contributed by atoms with van der Waals surface area (Å²) in [5.74, 6) is 0. The first kappa shape index (κ1) is 11.1. The largest absolute Gasteiger partial charge is 0.124 e.